The molecule has 1 aromatic rings. The molecule has 0 radical (unpaired) electrons. The van der Waals surface area contributed by atoms with Crippen LogP contribution in [0.4, 0.5) is 5.69 Å². The van der Waals surface area contributed by atoms with Crippen molar-refractivity contribution in [3.8, 4) is 0 Å². The van der Waals surface area contributed by atoms with Gasteiger partial charge in [-0.3, -0.25) is 4.79 Å². The van der Waals surface area contributed by atoms with E-state index < -0.39 is 10.0 Å². The SMILES string of the molecule is O=C(NC1CCCCCC1)c1ccc2c(c1)S(=O)(=O)N=C1CCCCCN12. The van der Waals surface area contributed by atoms with E-state index in [1.165, 1.54) is 18.9 Å². The number of amides is 1. The number of fused-ring (bicyclic) bond motifs is 3. The van der Waals surface area contributed by atoms with Gasteiger partial charge in [-0.05, 0) is 43.9 Å². The summed E-state index contributed by atoms with van der Waals surface area (Å²) >= 11 is 0. The number of rotatable bonds is 2. The highest BCUT2D eigenvalue weighted by molar-refractivity contribution is 7.90. The van der Waals surface area contributed by atoms with Gasteiger partial charge in [0.1, 0.15) is 10.7 Å². The fourth-order valence-corrected chi connectivity index (χ4v) is 5.60. The molecule has 4 rings (SSSR count). The minimum atomic E-state index is -3.76. The minimum absolute atomic E-state index is 0.154. The first kappa shape index (κ1) is 18.5. The molecule has 1 aliphatic carbocycles. The minimum Gasteiger partial charge on any atom is -0.349 e. The van der Waals surface area contributed by atoms with Crippen LogP contribution in [0.25, 0.3) is 0 Å². The van der Waals surface area contributed by atoms with Gasteiger partial charge in [0.25, 0.3) is 15.9 Å². The Hall–Kier alpha value is -1.89. The van der Waals surface area contributed by atoms with Gasteiger partial charge in [-0.15, -0.1) is 4.40 Å². The first-order chi connectivity index (χ1) is 13.0. The standard InChI is InChI=1S/C20H27N3O3S/c24-20(21-16-8-4-1-2-5-9-16)15-11-12-17-18(14-15)27(25,26)22-19-10-6-3-7-13-23(17)19/h11-12,14,16H,1-10,13H2,(H,21,24). The Morgan fingerprint density at radius 1 is 1.04 bits per heavy atom. The summed E-state index contributed by atoms with van der Waals surface area (Å²) in [6.07, 6.45) is 10.4. The van der Waals surface area contributed by atoms with E-state index in [-0.39, 0.29) is 16.8 Å². The molecule has 1 amide bonds. The number of hydrogen-bond donors (Lipinski definition) is 1. The summed E-state index contributed by atoms with van der Waals surface area (Å²) in [7, 11) is -3.76. The smallest absolute Gasteiger partial charge is 0.286 e. The Balaban J connectivity index is 1.61. The number of nitrogens with zero attached hydrogens (tertiary/aromatic N) is 2. The third-order valence-electron chi connectivity index (χ3n) is 5.80. The van der Waals surface area contributed by atoms with Crippen molar-refractivity contribution < 1.29 is 13.2 Å². The second-order valence-electron chi connectivity index (χ2n) is 7.79. The van der Waals surface area contributed by atoms with Crippen LogP contribution in [0.1, 0.15) is 74.6 Å². The summed E-state index contributed by atoms with van der Waals surface area (Å²) < 4.78 is 29.5. The van der Waals surface area contributed by atoms with Crippen molar-refractivity contribution in [3.63, 3.8) is 0 Å². The largest absolute Gasteiger partial charge is 0.349 e. The highest BCUT2D eigenvalue weighted by atomic mass is 32.2. The van der Waals surface area contributed by atoms with Crippen molar-refractivity contribution >= 4 is 27.5 Å². The first-order valence-corrected chi connectivity index (χ1v) is 11.5. The average molecular weight is 390 g/mol. The van der Waals surface area contributed by atoms with Crippen LogP contribution in [0.2, 0.25) is 0 Å². The second-order valence-corrected chi connectivity index (χ2v) is 9.36. The van der Waals surface area contributed by atoms with Gasteiger partial charge in [-0.25, -0.2) is 0 Å². The highest BCUT2D eigenvalue weighted by Crippen LogP contribution is 2.35. The lowest BCUT2D eigenvalue weighted by atomic mass is 10.1. The van der Waals surface area contributed by atoms with E-state index in [1.54, 1.807) is 12.1 Å². The summed E-state index contributed by atoms with van der Waals surface area (Å²) in [5, 5.41) is 3.09. The Labute approximate surface area is 161 Å². The van der Waals surface area contributed by atoms with Crippen LogP contribution in [0.15, 0.2) is 27.5 Å². The average Bonchev–Trinajstić information content (AvgIpc) is 3.04. The number of carbonyl (C=O) groups is 1. The molecule has 27 heavy (non-hydrogen) atoms. The maximum absolute atomic E-state index is 12.7. The number of carbonyl (C=O) groups excluding carboxylic acids is 1. The molecule has 0 unspecified atom stereocenters. The number of nitrogens with one attached hydrogen (secondary N) is 1. The van der Waals surface area contributed by atoms with Gasteiger partial charge < -0.3 is 10.2 Å². The van der Waals surface area contributed by atoms with Crippen LogP contribution < -0.4 is 10.2 Å². The van der Waals surface area contributed by atoms with Crippen molar-refractivity contribution in [3.05, 3.63) is 23.8 Å². The molecule has 7 heteroatoms. The van der Waals surface area contributed by atoms with Crippen molar-refractivity contribution in [2.75, 3.05) is 11.4 Å². The van der Waals surface area contributed by atoms with Crippen molar-refractivity contribution in [1.82, 2.24) is 5.32 Å². The lowest BCUT2D eigenvalue weighted by molar-refractivity contribution is 0.0933. The van der Waals surface area contributed by atoms with Crippen molar-refractivity contribution in [2.45, 2.75) is 75.1 Å². The molecule has 146 valence electrons. The number of sulfonamides is 1. The lowest BCUT2D eigenvalue weighted by Crippen LogP contribution is -2.36. The molecule has 3 aliphatic rings. The van der Waals surface area contributed by atoms with E-state index in [1.807, 2.05) is 4.90 Å². The number of benzene rings is 1. The molecule has 2 aliphatic heterocycles. The number of amidine groups is 1. The summed E-state index contributed by atoms with van der Waals surface area (Å²) in [6, 6.07) is 5.20. The van der Waals surface area contributed by atoms with Crippen LogP contribution in [0.5, 0.6) is 0 Å². The first-order valence-electron chi connectivity index (χ1n) is 10.1. The van der Waals surface area contributed by atoms with Crippen LogP contribution in [0, 0.1) is 0 Å². The molecule has 1 aromatic carbocycles. The maximum Gasteiger partial charge on any atom is 0.286 e. The topological polar surface area (TPSA) is 78.8 Å². The van der Waals surface area contributed by atoms with Crippen molar-refractivity contribution in [2.24, 2.45) is 4.40 Å². The normalized spacial score (nSPS) is 22.7. The van der Waals surface area contributed by atoms with Gasteiger partial charge in [0.15, 0.2) is 0 Å². The zero-order valence-electron chi connectivity index (χ0n) is 15.6. The van der Waals surface area contributed by atoms with Gasteiger partial charge in [0.05, 0.1) is 5.69 Å². The van der Waals surface area contributed by atoms with Gasteiger partial charge >= 0.3 is 0 Å². The molecule has 1 saturated carbocycles. The summed E-state index contributed by atoms with van der Waals surface area (Å²) in [4.78, 5) is 14.9. The Kier molecular flexibility index (Phi) is 5.21. The van der Waals surface area contributed by atoms with Crippen LogP contribution in [0.3, 0.4) is 0 Å². The fraction of sp³-hybridized carbons (Fsp3) is 0.600. The molecule has 1 N–H and O–H groups in total. The van der Waals surface area contributed by atoms with Crippen LogP contribution >= 0.6 is 0 Å². The monoisotopic (exact) mass is 389 g/mol. The molecule has 1 saturated heterocycles. The molecule has 2 heterocycles. The van der Waals surface area contributed by atoms with Crippen molar-refractivity contribution in [1.29, 1.82) is 0 Å². The van der Waals surface area contributed by atoms with E-state index in [0.29, 0.717) is 23.5 Å². The molecule has 0 aromatic heterocycles. The highest BCUT2D eigenvalue weighted by Gasteiger charge is 2.32. The zero-order valence-corrected chi connectivity index (χ0v) is 16.4. The Morgan fingerprint density at radius 2 is 1.78 bits per heavy atom. The van der Waals surface area contributed by atoms with Gasteiger partial charge in [-0.2, -0.15) is 8.42 Å². The maximum atomic E-state index is 12.7. The van der Waals surface area contributed by atoms with E-state index in [0.717, 1.165) is 51.5 Å². The lowest BCUT2D eigenvalue weighted by Gasteiger charge is -2.29. The molecule has 2 fully saturated rings. The zero-order chi connectivity index (χ0) is 18.9. The molecule has 0 bridgehead atoms. The molecule has 0 atom stereocenters. The van der Waals surface area contributed by atoms with Gasteiger partial charge in [0.2, 0.25) is 0 Å². The van der Waals surface area contributed by atoms with Gasteiger partial charge in [-0.1, -0.05) is 32.1 Å². The molecule has 6 nitrogen and oxygen atoms in total. The summed E-state index contributed by atoms with van der Waals surface area (Å²) in [5.41, 5.74) is 1.06. The number of anilines is 1. The van der Waals surface area contributed by atoms with Crippen LogP contribution in [-0.4, -0.2) is 32.7 Å². The van der Waals surface area contributed by atoms with Crippen LogP contribution in [-0.2, 0) is 10.0 Å². The fourth-order valence-electron chi connectivity index (χ4n) is 4.31. The molecule has 0 spiro atoms. The van der Waals surface area contributed by atoms with E-state index >= 15 is 0 Å². The second kappa shape index (κ2) is 7.62. The van der Waals surface area contributed by atoms with E-state index in [4.69, 9.17) is 0 Å². The summed E-state index contributed by atoms with van der Waals surface area (Å²) in [5.74, 6) is 0.446. The quantitative estimate of drug-likeness (QED) is 0.784. The molecular formula is C20H27N3O3S. The molecular weight excluding hydrogens is 362 g/mol. The third-order valence-corrected chi connectivity index (χ3v) is 7.13. The van der Waals surface area contributed by atoms with E-state index in [2.05, 4.69) is 9.71 Å². The third kappa shape index (κ3) is 3.88. The predicted molar refractivity (Wildman–Crippen MR) is 106 cm³/mol. The Morgan fingerprint density at radius 3 is 2.56 bits per heavy atom. The Bertz CT molecular complexity index is 855. The van der Waals surface area contributed by atoms with Gasteiger partial charge in [0, 0.05) is 24.6 Å². The summed E-state index contributed by atoms with van der Waals surface area (Å²) in [6.45, 7) is 0.773. The van der Waals surface area contributed by atoms with E-state index in [9.17, 15) is 13.2 Å². The predicted octanol–water partition coefficient (Wildman–Crippen LogP) is 3.62. The number of hydrogen-bond acceptors (Lipinski definition) is 4.